The summed E-state index contributed by atoms with van der Waals surface area (Å²) in [6.45, 7) is 9.58. The average molecular weight is 284 g/mol. The number of nitrogens with one attached hydrogen (secondary N) is 1. The van der Waals surface area contributed by atoms with Crippen molar-refractivity contribution in [1.29, 1.82) is 0 Å². The summed E-state index contributed by atoms with van der Waals surface area (Å²) in [5.41, 5.74) is 0. The Balaban J connectivity index is 2.13. The second kappa shape index (κ2) is 5.65. The first-order valence-electron chi connectivity index (χ1n) is 7.52. The van der Waals surface area contributed by atoms with E-state index in [1.807, 2.05) is 11.8 Å². The zero-order valence-corrected chi connectivity index (χ0v) is 13.7. The van der Waals surface area contributed by atoms with Gasteiger partial charge in [-0.2, -0.15) is 11.8 Å². The number of thioether (sulfide) groups is 1. The number of amides is 1. The van der Waals surface area contributed by atoms with Crippen LogP contribution in [-0.2, 0) is 4.79 Å². The Morgan fingerprint density at radius 3 is 2.32 bits per heavy atom. The van der Waals surface area contributed by atoms with Crippen molar-refractivity contribution in [3.8, 4) is 0 Å². The molecule has 1 saturated heterocycles. The fourth-order valence-corrected chi connectivity index (χ4v) is 4.14. The number of carbonyl (C=O) groups excluding carboxylic acids is 1. The van der Waals surface area contributed by atoms with Gasteiger partial charge in [-0.05, 0) is 30.9 Å². The molecule has 4 heteroatoms. The minimum absolute atomic E-state index is 0.00591. The van der Waals surface area contributed by atoms with Gasteiger partial charge in [0.15, 0.2) is 0 Å². The highest BCUT2D eigenvalue weighted by atomic mass is 32.2. The Hall–Kier alpha value is -0.220. The van der Waals surface area contributed by atoms with Crippen molar-refractivity contribution in [2.45, 2.75) is 63.9 Å². The Morgan fingerprint density at radius 2 is 1.95 bits per heavy atom. The van der Waals surface area contributed by atoms with Gasteiger partial charge in [-0.25, -0.2) is 0 Å². The predicted octanol–water partition coefficient (Wildman–Crippen LogP) is 2.71. The van der Waals surface area contributed by atoms with Crippen molar-refractivity contribution in [3.63, 3.8) is 0 Å². The second-order valence-electron chi connectivity index (χ2n) is 6.78. The van der Waals surface area contributed by atoms with Gasteiger partial charge in [0.1, 0.15) is 0 Å². The lowest BCUT2D eigenvalue weighted by molar-refractivity contribution is -0.131. The lowest BCUT2D eigenvalue weighted by Gasteiger charge is -2.44. The normalized spacial score (nSPS) is 30.3. The fourth-order valence-electron chi connectivity index (χ4n) is 3.18. The minimum atomic E-state index is 0.00591. The summed E-state index contributed by atoms with van der Waals surface area (Å²) >= 11 is 1.95. The van der Waals surface area contributed by atoms with Crippen LogP contribution < -0.4 is 5.32 Å². The Bertz CT molecular complexity index is 334. The number of rotatable bonds is 5. The first kappa shape index (κ1) is 15.2. The van der Waals surface area contributed by atoms with E-state index in [1.54, 1.807) is 0 Å². The molecule has 1 heterocycles. The summed E-state index contributed by atoms with van der Waals surface area (Å²) in [6.07, 6.45) is 6.24. The van der Waals surface area contributed by atoms with Crippen LogP contribution in [0.2, 0.25) is 0 Å². The quantitative estimate of drug-likeness (QED) is 0.842. The standard InChI is InChI=1S/C15H28N2OS/c1-10(2)12-14(18)17(13(16-12)11(3)4)9-15(19-5)7-6-8-15/h10-13,16H,6-9H2,1-5H3. The number of hydrogen-bond donors (Lipinski definition) is 1. The molecule has 1 saturated carbocycles. The SMILES string of the molecule is CSC1(CN2C(=O)C(C(C)C)NC2C(C)C)CCC1. The van der Waals surface area contributed by atoms with E-state index in [0.717, 1.165) is 6.54 Å². The number of hydrogen-bond acceptors (Lipinski definition) is 3. The van der Waals surface area contributed by atoms with Crippen molar-refractivity contribution in [3.05, 3.63) is 0 Å². The van der Waals surface area contributed by atoms with E-state index in [0.29, 0.717) is 22.5 Å². The largest absolute Gasteiger partial charge is 0.324 e. The molecule has 1 aliphatic carbocycles. The maximum atomic E-state index is 12.6. The van der Waals surface area contributed by atoms with Crippen molar-refractivity contribution in [2.24, 2.45) is 11.8 Å². The van der Waals surface area contributed by atoms with Gasteiger partial charge in [0, 0.05) is 11.3 Å². The highest BCUT2D eigenvalue weighted by Crippen LogP contribution is 2.44. The van der Waals surface area contributed by atoms with Gasteiger partial charge >= 0.3 is 0 Å². The van der Waals surface area contributed by atoms with Gasteiger partial charge in [0.05, 0.1) is 12.2 Å². The average Bonchev–Trinajstić information content (AvgIpc) is 2.61. The molecule has 2 unspecified atom stereocenters. The molecule has 2 atom stereocenters. The lowest BCUT2D eigenvalue weighted by Crippen LogP contribution is -2.51. The van der Waals surface area contributed by atoms with Crippen LogP contribution in [0.25, 0.3) is 0 Å². The smallest absolute Gasteiger partial charge is 0.241 e. The van der Waals surface area contributed by atoms with Crippen molar-refractivity contribution >= 4 is 17.7 Å². The van der Waals surface area contributed by atoms with E-state index < -0.39 is 0 Å². The Labute approximate surface area is 121 Å². The van der Waals surface area contributed by atoms with Gasteiger partial charge in [-0.3, -0.25) is 10.1 Å². The third-order valence-corrected chi connectivity index (χ3v) is 6.09. The van der Waals surface area contributed by atoms with Gasteiger partial charge in [0.2, 0.25) is 5.91 Å². The van der Waals surface area contributed by atoms with E-state index in [2.05, 4.69) is 44.2 Å². The van der Waals surface area contributed by atoms with Gasteiger partial charge in [0.25, 0.3) is 0 Å². The third kappa shape index (κ3) is 2.80. The Morgan fingerprint density at radius 1 is 1.32 bits per heavy atom. The van der Waals surface area contributed by atoms with Crippen LogP contribution in [0.4, 0.5) is 0 Å². The number of carbonyl (C=O) groups is 1. The fraction of sp³-hybridized carbons (Fsp3) is 0.933. The van der Waals surface area contributed by atoms with Gasteiger partial charge in [-0.15, -0.1) is 0 Å². The third-order valence-electron chi connectivity index (χ3n) is 4.69. The highest BCUT2D eigenvalue weighted by Gasteiger charge is 2.46. The molecule has 1 aliphatic heterocycles. The van der Waals surface area contributed by atoms with Crippen LogP contribution >= 0.6 is 11.8 Å². The van der Waals surface area contributed by atoms with E-state index >= 15 is 0 Å². The van der Waals surface area contributed by atoms with Crippen LogP contribution in [0.5, 0.6) is 0 Å². The van der Waals surface area contributed by atoms with Crippen LogP contribution in [-0.4, -0.2) is 40.6 Å². The highest BCUT2D eigenvalue weighted by molar-refractivity contribution is 8.00. The molecule has 1 amide bonds. The first-order valence-corrected chi connectivity index (χ1v) is 8.74. The molecule has 0 bridgehead atoms. The first-order chi connectivity index (χ1) is 8.90. The minimum Gasteiger partial charge on any atom is -0.324 e. The molecule has 0 spiro atoms. The molecule has 2 fully saturated rings. The summed E-state index contributed by atoms with van der Waals surface area (Å²) in [6, 6.07) is 0.00591. The summed E-state index contributed by atoms with van der Waals surface area (Å²) < 4.78 is 0.330. The summed E-state index contributed by atoms with van der Waals surface area (Å²) in [4.78, 5) is 14.8. The molecule has 2 aliphatic rings. The molecule has 0 aromatic heterocycles. The summed E-state index contributed by atoms with van der Waals surface area (Å²) in [7, 11) is 0. The van der Waals surface area contributed by atoms with Gasteiger partial charge in [-0.1, -0.05) is 34.1 Å². The lowest BCUT2D eigenvalue weighted by atomic mass is 9.83. The molecule has 1 N–H and O–H groups in total. The van der Waals surface area contributed by atoms with E-state index in [9.17, 15) is 4.79 Å². The summed E-state index contributed by atoms with van der Waals surface area (Å²) in [5.74, 6) is 1.14. The van der Waals surface area contributed by atoms with Crippen LogP contribution in [0.3, 0.4) is 0 Å². The predicted molar refractivity (Wildman–Crippen MR) is 82.2 cm³/mol. The molecule has 0 aromatic rings. The molecular weight excluding hydrogens is 256 g/mol. The molecule has 19 heavy (non-hydrogen) atoms. The van der Waals surface area contributed by atoms with Crippen molar-refractivity contribution < 1.29 is 4.79 Å². The molecule has 0 aromatic carbocycles. The zero-order valence-electron chi connectivity index (χ0n) is 12.9. The second-order valence-corrected chi connectivity index (χ2v) is 8.06. The van der Waals surface area contributed by atoms with Crippen molar-refractivity contribution in [2.75, 3.05) is 12.8 Å². The molecule has 2 rings (SSSR count). The Kier molecular flexibility index (Phi) is 4.51. The maximum Gasteiger partial charge on any atom is 0.241 e. The van der Waals surface area contributed by atoms with E-state index in [-0.39, 0.29) is 12.2 Å². The topological polar surface area (TPSA) is 32.3 Å². The van der Waals surface area contributed by atoms with E-state index in [4.69, 9.17) is 0 Å². The molecule has 0 radical (unpaired) electrons. The van der Waals surface area contributed by atoms with Crippen LogP contribution in [0, 0.1) is 11.8 Å². The van der Waals surface area contributed by atoms with Crippen LogP contribution in [0.1, 0.15) is 47.0 Å². The molecule has 110 valence electrons. The summed E-state index contributed by atoms with van der Waals surface area (Å²) in [5, 5.41) is 3.55. The van der Waals surface area contributed by atoms with Crippen LogP contribution in [0.15, 0.2) is 0 Å². The monoisotopic (exact) mass is 284 g/mol. The zero-order chi connectivity index (χ0) is 14.2. The molecule has 3 nitrogen and oxygen atoms in total. The molecular formula is C15H28N2OS. The maximum absolute atomic E-state index is 12.6. The number of nitrogens with zero attached hydrogens (tertiary/aromatic N) is 1. The van der Waals surface area contributed by atoms with E-state index in [1.165, 1.54) is 19.3 Å². The van der Waals surface area contributed by atoms with Gasteiger partial charge < -0.3 is 4.90 Å². The van der Waals surface area contributed by atoms with Crippen molar-refractivity contribution in [1.82, 2.24) is 10.2 Å².